The summed E-state index contributed by atoms with van der Waals surface area (Å²) in [6.45, 7) is 31.3. The Morgan fingerprint density at radius 1 is 0.441 bits per heavy atom. The summed E-state index contributed by atoms with van der Waals surface area (Å²) in [5.74, 6) is 0. The molecule has 0 N–H and O–H groups in total. The Bertz CT molecular complexity index is 1490. The summed E-state index contributed by atoms with van der Waals surface area (Å²) in [6.07, 6.45) is 36.7. The summed E-state index contributed by atoms with van der Waals surface area (Å²) in [5, 5.41) is 0. The summed E-state index contributed by atoms with van der Waals surface area (Å²) >= 11 is 0. The Labute approximate surface area is 377 Å². The summed E-state index contributed by atoms with van der Waals surface area (Å²) in [5.41, 5.74) is 28.0. The van der Waals surface area contributed by atoms with E-state index in [0.29, 0.717) is 0 Å². The first-order valence-corrected chi connectivity index (χ1v) is 24.1. The number of benzene rings is 2. The van der Waals surface area contributed by atoms with Crippen molar-refractivity contribution in [3.05, 3.63) is 125 Å². The van der Waals surface area contributed by atoms with Crippen LogP contribution in [0.3, 0.4) is 0 Å². The molecule has 1 aliphatic heterocycles. The monoisotopic (exact) mass is 849 g/mol. The maximum Gasteiger partial charge on any atom is 2.00 e. The predicted molar refractivity (Wildman–Crippen MR) is 261 cm³/mol. The first-order chi connectivity index (χ1) is 28.1. The van der Waals surface area contributed by atoms with Gasteiger partial charge in [0.2, 0.25) is 11.4 Å². The van der Waals surface area contributed by atoms with E-state index < -0.39 is 0 Å². The van der Waals surface area contributed by atoms with Gasteiger partial charge in [0, 0.05) is 22.3 Å². The second-order valence-corrected chi connectivity index (χ2v) is 17.1. The molecule has 1 heterocycles. The van der Waals surface area contributed by atoms with Crippen LogP contribution in [0.5, 0.6) is 0 Å². The first kappa shape index (κ1) is 56.2. The van der Waals surface area contributed by atoms with E-state index in [1.807, 2.05) is 0 Å². The van der Waals surface area contributed by atoms with Gasteiger partial charge in [-0.25, -0.2) is 43.9 Å². The van der Waals surface area contributed by atoms with Gasteiger partial charge >= 0.3 is 16.5 Å². The van der Waals surface area contributed by atoms with Crippen molar-refractivity contribution < 1.29 is 21.2 Å². The van der Waals surface area contributed by atoms with Gasteiger partial charge in [-0.3, -0.25) is 0 Å². The number of allylic oxidation sites excluding steroid dienone is 4. The molecular weight excluding hydrogens is 759 g/mol. The summed E-state index contributed by atoms with van der Waals surface area (Å²) < 4.78 is 1.62. The van der Waals surface area contributed by atoms with Gasteiger partial charge in [-0.15, -0.1) is 0 Å². The molecule has 2 aromatic carbocycles. The van der Waals surface area contributed by atoms with Gasteiger partial charge in [0.15, 0.2) is 0 Å². The fraction of sp³-hybridized carbons (Fsp3) is 0.607. The van der Waals surface area contributed by atoms with Crippen LogP contribution in [-0.4, -0.2) is 4.70 Å². The molecule has 59 heavy (non-hydrogen) atoms. The van der Waals surface area contributed by atoms with E-state index in [1.165, 1.54) is 196 Å². The standard InChI is InChI=1S/C50H80N2.2C3H5.Ni/c1-9-13-17-18-19-20-21-22-23-24-25-26-27-28-29-30-34-48-47(33-16-12-4)49(43-35-39(5)45(31-14-10-2)40(6)36-43)52(51)50(48)44-37-41(7)46(32-15-11-3)42(8)38-44;2*1-3-2;/h35-38H,9-34H2,1-8H3;2*3H,1-2H2;/q;2*-1;+2. The van der Waals surface area contributed by atoms with Crippen LogP contribution >= 0.6 is 0 Å². The molecule has 2 nitrogen and oxygen atoms in total. The van der Waals surface area contributed by atoms with Gasteiger partial charge in [0.25, 0.3) is 0 Å². The maximum atomic E-state index is 12.3. The number of hydrogen-bond acceptors (Lipinski definition) is 0. The molecule has 2 aromatic rings. The largest absolute Gasteiger partial charge is 2.00 e. The third-order valence-corrected chi connectivity index (χ3v) is 11.9. The number of aryl methyl sites for hydroxylation is 4. The van der Waals surface area contributed by atoms with E-state index in [2.05, 4.69) is 107 Å². The van der Waals surface area contributed by atoms with Crippen molar-refractivity contribution in [2.75, 3.05) is 0 Å². The van der Waals surface area contributed by atoms with Crippen molar-refractivity contribution in [2.24, 2.45) is 0 Å². The summed E-state index contributed by atoms with van der Waals surface area (Å²) in [6, 6.07) is 9.47. The zero-order chi connectivity index (χ0) is 43.1. The first-order valence-electron chi connectivity index (χ1n) is 24.1. The topological polar surface area (TPSA) is 25.3 Å². The molecule has 334 valence electrons. The van der Waals surface area contributed by atoms with Crippen LogP contribution in [0.1, 0.15) is 226 Å². The molecule has 3 heteroatoms. The molecule has 3 rings (SSSR count). The molecular formula is C56H90N2Ni. The van der Waals surface area contributed by atoms with Gasteiger partial charge in [-0.2, -0.15) is 0 Å². The molecule has 0 radical (unpaired) electrons. The zero-order valence-electron chi connectivity index (χ0n) is 39.9. The molecule has 0 fully saturated rings. The molecule has 0 unspecified atom stereocenters. The van der Waals surface area contributed by atoms with E-state index in [0.717, 1.165) is 49.9 Å². The average molecular weight is 850 g/mol. The minimum atomic E-state index is 0. The van der Waals surface area contributed by atoms with Crippen molar-refractivity contribution in [1.82, 2.24) is 0 Å². The SMILES string of the molecule is C=C[CH2-].C=C[CH2-].CCCCCCCCCCCCCCCCCCC1=C(c2cc(C)c(CCCC)c(C)c2)[N+](=[N-])C(c2cc(C)c(CCCC)c(C)c2)=C1CCCC.[Ni+2]. The van der Waals surface area contributed by atoms with Crippen LogP contribution in [0.4, 0.5) is 0 Å². The third-order valence-electron chi connectivity index (χ3n) is 11.9. The molecule has 0 atom stereocenters. The van der Waals surface area contributed by atoms with Gasteiger partial charge in [-0.05, 0) is 137 Å². The Morgan fingerprint density at radius 3 is 0.966 bits per heavy atom. The Morgan fingerprint density at radius 2 is 0.678 bits per heavy atom. The minimum Gasteiger partial charge on any atom is -0.493 e. The molecule has 0 bridgehead atoms. The summed E-state index contributed by atoms with van der Waals surface area (Å²) in [4.78, 5) is 0. The van der Waals surface area contributed by atoms with E-state index in [-0.39, 0.29) is 16.5 Å². The van der Waals surface area contributed by atoms with E-state index in [1.54, 1.807) is 4.70 Å². The number of hydrogen-bond donors (Lipinski definition) is 0. The smallest absolute Gasteiger partial charge is 0.493 e. The number of nitrogens with zero attached hydrogens (tertiary/aromatic N) is 2. The van der Waals surface area contributed by atoms with Crippen molar-refractivity contribution in [3.8, 4) is 0 Å². The minimum absolute atomic E-state index is 0. The molecule has 0 saturated heterocycles. The fourth-order valence-corrected chi connectivity index (χ4v) is 8.74. The quantitative estimate of drug-likeness (QED) is 0.0353. The second kappa shape index (κ2) is 34.9. The maximum absolute atomic E-state index is 12.3. The Hall–Kier alpha value is -2.77. The van der Waals surface area contributed by atoms with Crippen LogP contribution in [0.2, 0.25) is 0 Å². The molecule has 1 aliphatic rings. The van der Waals surface area contributed by atoms with Crippen molar-refractivity contribution in [3.63, 3.8) is 0 Å². The van der Waals surface area contributed by atoms with E-state index >= 15 is 0 Å². The van der Waals surface area contributed by atoms with Gasteiger partial charge < -0.3 is 5.53 Å². The number of unbranched alkanes of at least 4 members (excludes halogenated alkanes) is 18. The van der Waals surface area contributed by atoms with Crippen LogP contribution < -0.4 is 0 Å². The van der Waals surface area contributed by atoms with Crippen LogP contribution in [0, 0.1) is 41.5 Å². The molecule has 0 aliphatic carbocycles. The molecule has 0 aromatic heterocycles. The predicted octanol–water partition coefficient (Wildman–Crippen LogP) is 18.6. The van der Waals surface area contributed by atoms with E-state index in [4.69, 9.17) is 0 Å². The van der Waals surface area contributed by atoms with Crippen molar-refractivity contribution in [2.45, 2.75) is 222 Å². The van der Waals surface area contributed by atoms with Crippen molar-refractivity contribution in [1.29, 1.82) is 0 Å². The molecule has 0 spiro atoms. The molecule has 0 amide bonds. The Kier molecular flexibility index (Phi) is 33.3. The summed E-state index contributed by atoms with van der Waals surface area (Å²) in [7, 11) is 0. The fourth-order valence-electron chi connectivity index (χ4n) is 8.74. The van der Waals surface area contributed by atoms with Crippen LogP contribution in [0.25, 0.3) is 16.9 Å². The zero-order valence-corrected chi connectivity index (χ0v) is 40.9. The van der Waals surface area contributed by atoms with Gasteiger partial charge in [0.05, 0.1) is 0 Å². The average Bonchev–Trinajstić information content (AvgIpc) is 3.46. The Balaban J connectivity index is 0.00000452. The van der Waals surface area contributed by atoms with Crippen LogP contribution in [0.15, 0.2) is 60.7 Å². The molecule has 0 saturated carbocycles. The third kappa shape index (κ3) is 20.6. The van der Waals surface area contributed by atoms with Crippen LogP contribution in [-0.2, 0) is 29.3 Å². The van der Waals surface area contributed by atoms with Gasteiger partial charge in [0.1, 0.15) is 0 Å². The normalized spacial score (nSPS) is 12.2. The number of rotatable bonds is 28. The van der Waals surface area contributed by atoms with E-state index in [9.17, 15) is 5.53 Å². The van der Waals surface area contributed by atoms with Crippen molar-refractivity contribution >= 4 is 11.4 Å². The second-order valence-electron chi connectivity index (χ2n) is 17.1. The van der Waals surface area contributed by atoms with Gasteiger partial charge in [-0.1, -0.05) is 143 Å².